The minimum absolute atomic E-state index is 1.08. The molecule has 68 heavy (non-hydrogen) atoms. The Kier molecular flexibility index (Phi) is 12.7. The molecule has 8 aromatic carbocycles. The van der Waals surface area contributed by atoms with Crippen LogP contribution in [0.2, 0.25) is 0 Å². The highest BCUT2D eigenvalue weighted by atomic mass is 14.7. The van der Waals surface area contributed by atoms with Crippen molar-refractivity contribution in [1.29, 1.82) is 0 Å². The van der Waals surface area contributed by atoms with Crippen molar-refractivity contribution >= 4 is 87.2 Å². The van der Waals surface area contributed by atoms with E-state index in [0.717, 1.165) is 69.8 Å². The van der Waals surface area contributed by atoms with Gasteiger partial charge in [-0.3, -0.25) is 0 Å². The molecule has 0 spiro atoms. The molecule has 0 saturated carbocycles. The van der Waals surface area contributed by atoms with Crippen molar-refractivity contribution in [3.05, 3.63) is 216 Å². The smallest absolute Gasteiger partial charge is 0.0712 e. The number of hydrogen-bond donors (Lipinski definition) is 0. The third kappa shape index (κ3) is 8.99. The number of aromatic nitrogens is 4. The number of nitrogens with zero attached hydrogens (tertiary/aromatic N) is 4. The van der Waals surface area contributed by atoms with E-state index in [1.54, 1.807) is 0 Å². The van der Waals surface area contributed by atoms with Gasteiger partial charge in [-0.2, -0.15) is 0 Å². The quantitative estimate of drug-likeness (QED) is 0.0806. The van der Waals surface area contributed by atoms with Gasteiger partial charge in [0, 0.05) is 43.1 Å². The standard InChI is InChI=1S/C33H30N2.C31H26N2/c1(2-4-14-24-26-16-6-10-20-30(26)34-31-21-11-7-17-27(24)31)3-5-15-25-28-18-8-12-22-32(28)35-33-23-13-9-19-29(25)33;1(2-12-22-24-14-4-8-18-28(24)32-29-19-9-5-15-25(22)29)3-13-23-26-16-6-10-20-30(26)33-31-21-11-7-17-27(23)31/h6-13,16-23H,1-5,14-15H2;4-11,14-21H,1-3,12-13H2. The molecule has 0 atom stereocenters. The van der Waals surface area contributed by atoms with Gasteiger partial charge in [0.2, 0.25) is 0 Å². The van der Waals surface area contributed by atoms with E-state index in [2.05, 4.69) is 194 Å². The zero-order valence-corrected chi connectivity index (χ0v) is 38.7. The van der Waals surface area contributed by atoms with E-state index in [0.29, 0.717) is 0 Å². The van der Waals surface area contributed by atoms with Gasteiger partial charge >= 0.3 is 0 Å². The van der Waals surface area contributed by atoms with E-state index in [1.165, 1.54) is 117 Å². The van der Waals surface area contributed by atoms with Gasteiger partial charge in [0.25, 0.3) is 0 Å². The van der Waals surface area contributed by atoms with Crippen LogP contribution in [0.1, 0.15) is 73.6 Å². The minimum atomic E-state index is 1.08. The highest BCUT2D eigenvalue weighted by Gasteiger charge is 2.13. The normalized spacial score (nSPS) is 11.6. The molecule has 0 bridgehead atoms. The van der Waals surface area contributed by atoms with Crippen molar-refractivity contribution < 1.29 is 0 Å². The first-order chi connectivity index (χ1) is 33.8. The Morgan fingerprint density at radius 3 is 0.515 bits per heavy atom. The number of para-hydroxylation sites is 8. The van der Waals surface area contributed by atoms with Crippen LogP contribution < -0.4 is 0 Å². The lowest BCUT2D eigenvalue weighted by Gasteiger charge is -2.12. The first-order valence-electron chi connectivity index (χ1n) is 24.8. The molecule has 0 amide bonds. The van der Waals surface area contributed by atoms with E-state index in [4.69, 9.17) is 19.9 Å². The molecular weight excluding hydrogens is 825 g/mol. The summed E-state index contributed by atoms with van der Waals surface area (Å²) < 4.78 is 0. The Labute approximate surface area is 398 Å². The lowest BCUT2D eigenvalue weighted by Crippen LogP contribution is -1.96. The van der Waals surface area contributed by atoms with Crippen LogP contribution in [-0.2, 0) is 25.7 Å². The molecular formula is C64H56N4. The summed E-state index contributed by atoms with van der Waals surface area (Å²) in [6, 6.07) is 68.6. The van der Waals surface area contributed by atoms with Crippen LogP contribution in [-0.4, -0.2) is 19.9 Å². The van der Waals surface area contributed by atoms with E-state index in [-0.39, 0.29) is 0 Å². The summed E-state index contributed by atoms with van der Waals surface area (Å²) in [5, 5.41) is 10.4. The fourth-order valence-electron chi connectivity index (χ4n) is 10.7. The number of aryl methyl sites for hydroxylation is 4. The van der Waals surface area contributed by atoms with Gasteiger partial charge in [-0.05, 0) is 122 Å². The summed E-state index contributed by atoms with van der Waals surface area (Å²) in [4.78, 5) is 19.5. The molecule has 332 valence electrons. The summed E-state index contributed by atoms with van der Waals surface area (Å²) in [5.74, 6) is 0. The predicted octanol–water partition coefficient (Wildman–Crippen LogP) is 16.9. The third-order valence-corrected chi connectivity index (χ3v) is 14.0. The average molecular weight is 881 g/mol. The summed E-state index contributed by atoms with van der Waals surface area (Å²) in [6.45, 7) is 0. The molecule has 0 aliphatic rings. The lowest BCUT2D eigenvalue weighted by atomic mass is 9.95. The zero-order chi connectivity index (χ0) is 45.5. The first-order valence-corrected chi connectivity index (χ1v) is 24.8. The first kappa shape index (κ1) is 43.0. The van der Waals surface area contributed by atoms with E-state index >= 15 is 0 Å². The van der Waals surface area contributed by atoms with Crippen molar-refractivity contribution in [3.8, 4) is 0 Å². The summed E-state index contributed by atoms with van der Waals surface area (Å²) >= 11 is 0. The molecule has 4 nitrogen and oxygen atoms in total. The second kappa shape index (κ2) is 20.1. The molecule has 0 aliphatic carbocycles. The molecule has 4 heteroatoms. The van der Waals surface area contributed by atoms with Gasteiger partial charge in [-0.15, -0.1) is 0 Å². The Bertz CT molecular complexity index is 3260. The predicted molar refractivity (Wildman–Crippen MR) is 289 cm³/mol. The molecule has 0 radical (unpaired) electrons. The maximum atomic E-state index is 4.87. The minimum Gasteiger partial charge on any atom is -0.248 e. The molecule has 4 aromatic heterocycles. The van der Waals surface area contributed by atoms with E-state index < -0.39 is 0 Å². The number of hydrogen-bond acceptors (Lipinski definition) is 4. The van der Waals surface area contributed by atoms with Gasteiger partial charge in [-0.25, -0.2) is 19.9 Å². The molecule has 12 rings (SSSR count). The van der Waals surface area contributed by atoms with Gasteiger partial charge in [-0.1, -0.05) is 171 Å². The number of pyridine rings is 4. The number of benzene rings is 8. The van der Waals surface area contributed by atoms with Gasteiger partial charge in [0.15, 0.2) is 0 Å². The summed E-state index contributed by atoms with van der Waals surface area (Å²) in [6.07, 6.45) is 14.2. The summed E-state index contributed by atoms with van der Waals surface area (Å²) in [5.41, 5.74) is 14.6. The maximum Gasteiger partial charge on any atom is 0.0712 e. The van der Waals surface area contributed by atoms with Crippen LogP contribution in [0.4, 0.5) is 0 Å². The molecule has 0 unspecified atom stereocenters. The van der Waals surface area contributed by atoms with Crippen LogP contribution in [0.3, 0.4) is 0 Å². The summed E-state index contributed by atoms with van der Waals surface area (Å²) in [7, 11) is 0. The monoisotopic (exact) mass is 880 g/mol. The van der Waals surface area contributed by atoms with Crippen LogP contribution >= 0.6 is 0 Å². The highest BCUT2D eigenvalue weighted by molar-refractivity contribution is 6.00. The Balaban J connectivity index is 0.000000149. The second-order valence-electron chi connectivity index (χ2n) is 18.3. The average Bonchev–Trinajstić information content (AvgIpc) is 3.39. The molecule has 0 aliphatic heterocycles. The molecule has 4 heterocycles. The number of unbranched alkanes of at least 4 members (excludes halogenated alkanes) is 6. The lowest BCUT2D eigenvalue weighted by molar-refractivity contribution is 0.616. The van der Waals surface area contributed by atoms with Crippen LogP contribution in [0.25, 0.3) is 87.2 Å². The Hall–Kier alpha value is -7.56. The van der Waals surface area contributed by atoms with Crippen molar-refractivity contribution in [3.63, 3.8) is 0 Å². The topological polar surface area (TPSA) is 51.6 Å². The van der Waals surface area contributed by atoms with Crippen LogP contribution in [0.5, 0.6) is 0 Å². The number of fused-ring (bicyclic) bond motifs is 8. The molecule has 0 N–H and O–H groups in total. The van der Waals surface area contributed by atoms with Crippen LogP contribution in [0.15, 0.2) is 194 Å². The largest absolute Gasteiger partial charge is 0.248 e. The third-order valence-electron chi connectivity index (χ3n) is 14.0. The molecule has 12 aromatic rings. The zero-order valence-electron chi connectivity index (χ0n) is 38.7. The van der Waals surface area contributed by atoms with Crippen molar-refractivity contribution in [2.24, 2.45) is 0 Å². The Morgan fingerprint density at radius 1 is 0.176 bits per heavy atom. The number of rotatable bonds is 14. The molecule has 0 fully saturated rings. The highest BCUT2D eigenvalue weighted by Crippen LogP contribution is 2.32. The molecule has 0 saturated heterocycles. The van der Waals surface area contributed by atoms with Crippen molar-refractivity contribution in [2.75, 3.05) is 0 Å². The van der Waals surface area contributed by atoms with Crippen molar-refractivity contribution in [2.45, 2.75) is 77.0 Å². The Morgan fingerprint density at radius 2 is 0.324 bits per heavy atom. The SMILES string of the molecule is c1ccc2c(CCCCCCCc3c4ccccc4nc4ccccc34)c3ccccc3nc2c1.c1ccc2c(CCCCCc3c4ccccc4nc4ccccc34)c3ccccc3nc2c1. The van der Waals surface area contributed by atoms with Crippen LogP contribution in [0, 0.1) is 0 Å². The fraction of sp³-hybridized carbons (Fsp3) is 0.188. The van der Waals surface area contributed by atoms with Gasteiger partial charge in [0.05, 0.1) is 44.1 Å². The van der Waals surface area contributed by atoms with Crippen molar-refractivity contribution in [1.82, 2.24) is 19.9 Å². The van der Waals surface area contributed by atoms with Gasteiger partial charge < -0.3 is 0 Å². The van der Waals surface area contributed by atoms with E-state index in [1.807, 2.05) is 0 Å². The van der Waals surface area contributed by atoms with Gasteiger partial charge in [0.1, 0.15) is 0 Å². The maximum absolute atomic E-state index is 4.87. The fourth-order valence-corrected chi connectivity index (χ4v) is 10.7. The second-order valence-corrected chi connectivity index (χ2v) is 18.3. The van der Waals surface area contributed by atoms with E-state index in [9.17, 15) is 0 Å².